The van der Waals surface area contributed by atoms with Crippen molar-refractivity contribution in [3.8, 4) is 0 Å². The number of rotatable bonds is 5. The van der Waals surface area contributed by atoms with Gasteiger partial charge in [-0.2, -0.15) is 4.98 Å². The molecule has 0 unspecified atom stereocenters. The van der Waals surface area contributed by atoms with E-state index in [2.05, 4.69) is 36.5 Å². The Morgan fingerprint density at radius 2 is 1.89 bits per heavy atom. The SMILES string of the molecule is Cc1cnc(N(C)C)nc1N[C@H]1CC[C@@H](NC(=O)c2ccc(F)c(Br)c2)CC1. The van der Waals surface area contributed by atoms with Crippen LogP contribution in [0.15, 0.2) is 28.9 Å². The summed E-state index contributed by atoms with van der Waals surface area (Å²) in [5.41, 5.74) is 1.48. The molecule has 1 fully saturated rings. The number of benzene rings is 1. The smallest absolute Gasteiger partial charge is 0.251 e. The van der Waals surface area contributed by atoms with E-state index in [9.17, 15) is 9.18 Å². The van der Waals surface area contributed by atoms with Crippen molar-refractivity contribution in [2.45, 2.75) is 44.7 Å². The van der Waals surface area contributed by atoms with Gasteiger partial charge in [-0.1, -0.05) is 0 Å². The molecule has 1 aliphatic rings. The average Bonchev–Trinajstić information content (AvgIpc) is 2.67. The lowest BCUT2D eigenvalue weighted by atomic mass is 9.91. The fourth-order valence-corrected chi connectivity index (χ4v) is 3.65. The summed E-state index contributed by atoms with van der Waals surface area (Å²) in [7, 11) is 3.84. The Balaban J connectivity index is 1.54. The summed E-state index contributed by atoms with van der Waals surface area (Å²) in [5.74, 6) is 1.00. The Bertz CT molecular complexity index is 852. The number of hydrogen-bond donors (Lipinski definition) is 2. The van der Waals surface area contributed by atoms with Crippen LogP contribution in [0.4, 0.5) is 16.2 Å². The molecule has 0 saturated heterocycles. The quantitative estimate of drug-likeness (QED) is 0.723. The van der Waals surface area contributed by atoms with Gasteiger partial charge in [0, 0.05) is 43.5 Å². The summed E-state index contributed by atoms with van der Waals surface area (Å²) in [6.45, 7) is 1.99. The summed E-state index contributed by atoms with van der Waals surface area (Å²) < 4.78 is 13.6. The third-order valence-corrected chi connectivity index (χ3v) is 5.55. The van der Waals surface area contributed by atoms with Crippen molar-refractivity contribution in [2.24, 2.45) is 0 Å². The highest BCUT2D eigenvalue weighted by Gasteiger charge is 2.24. The van der Waals surface area contributed by atoms with E-state index in [4.69, 9.17) is 0 Å². The second kappa shape index (κ2) is 8.86. The molecule has 0 atom stereocenters. The predicted molar refractivity (Wildman–Crippen MR) is 112 cm³/mol. The molecule has 2 aromatic rings. The molecular weight excluding hydrogens is 425 g/mol. The molecule has 0 radical (unpaired) electrons. The van der Waals surface area contributed by atoms with Crippen LogP contribution in [0.3, 0.4) is 0 Å². The molecule has 2 N–H and O–H groups in total. The van der Waals surface area contributed by atoms with Gasteiger partial charge in [0.2, 0.25) is 5.95 Å². The van der Waals surface area contributed by atoms with Crippen molar-refractivity contribution in [1.82, 2.24) is 15.3 Å². The highest BCUT2D eigenvalue weighted by molar-refractivity contribution is 9.10. The third-order valence-electron chi connectivity index (χ3n) is 4.94. The van der Waals surface area contributed by atoms with Crippen LogP contribution in [0.1, 0.15) is 41.6 Å². The number of aromatic nitrogens is 2. The van der Waals surface area contributed by atoms with Gasteiger partial charge in [-0.25, -0.2) is 9.37 Å². The van der Waals surface area contributed by atoms with E-state index in [1.807, 2.05) is 32.1 Å². The lowest BCUT2D eigenvalue weighted by Crippen LogP contribution is -2.40. The maximum absolute atomic E-state index is 13.3. The Hall–Kier alpha value is -2.22. The zero-order valence-electron chi connectivity index (χ0n) is 16.3. The van der Waals surface area contributed by atoms with E-state index in [0.717, 1.165) is 37.1 Å². The molecular formula is C20H25BrFN5O. The molecule has 1 aliphatic carbocycles. The van der Waals surface area contributed by atoms with E-state index >= 15 is 0 Å². The van der Waals surface area contributed by atoms with E-state index in [1.165, 1.54) is 18.2 Å². The van der Waals surface area contributed by atoms with Crippen LogP contribution in [0.25, 0.3) is 0 Å². The number of halogens is 2. The lowest BCUT2D eigenvalue weighted by molar-refractivity contribution is 0.0926. The van der Waals surface area contributed by atoms with Crippen LogP contribution in [0.2, 0.25) is 0 Å². The monoisotopic (exact) mass is 449 g/mol. The molecule has 150 valence electrons. The van der Waals surface area contributed by atoms with Gasteiger partial charge in [0.15, 0.2) is 0 Å². The number of nitrogens with zero attached hydrogens (tertiary/aromatic N) is 3. The zero-order chi connectivity index (χ0) is 20.3. The highest BCUT2D eigenvalue weighted by Crippen LogP contribution is 2.24. The Morgan fingerprint density at radius 3 is 2.54 bits per heavy atom. The van der Waals surface area contributed by atoms with E-state index in [-0.39, 0.29) is 17.8 Å². The largest absolute Gasteiger partial charge is 0.367 e. The molecule has 8 heteroatoms. The molecule has 0 aliphatic heterocycles. The first-order valence-electron chi connectivity index (χ1n) is 9.37. The van der Waals surface area contributed by atoms with Gasteiger partial charge >= 0.3 is 0 Å². The molecule has 6 nitrogen and oxygen atoms in total. The Kier molecular flexibility index (Phi) is 6.49. The van der Waals surface area contributed by atoms with Gasteiger partial charge in [-0.15, -0.1) is 0 Å². The van der Waals surface area contributed by atoms with Crippen molar-refractivity contribution in [2.75, 3.05) is 24.3 Å². The van der Waals surface area contributed by atoms with Gasteiger partial charge in [-0.3, -0.25) is 4.79 Å². The van der Waals surface area contributed by atoms with Gasteiger partial charge in [0.1, 0.15) is 11.6 Å². The van der Waals surface area contributed by atoms with Crippen LogP contribution in [-0.2, 0) is 0 Å². The molecule has 1 aromatic heterocycles. The zero-order valence-corrected chi connectivity index (χ0v) is 17.9. The normalized spacial score (nSPS) is 19.2. The Morgan fingerprint density at radius 1 is 1.21 bits per heavy atom. The van der Waals surface area contributed by atoms with E-state index in [1.54, 1.807) is 0 Å². The molecule has 0 bridgehead atoms. The topological polar surface area (TPSA) is 70.2 Å². The maximum Gasteiger partial charge on any atom is 0.251 e. The Labute approximate surface area is 173 Å². The molecule has 1 amide bonds. The van der Waals surface area contributed by atoms with Crippen LogP contribution >= 0.6 is 15.9 Å². The van der Waals surface area contributed by atoms with Crippen molar-refractivity contribution in [3.05, 3.63) is 45.8 Å². The minimum absolute atomic E-state index is 0.123. The second-order valence-corrected chi connectivity index (χ2v) is 8.25. The summed E-state index contributed by atoms with van der Waals surface area (Å²) in [4.78, 5) is 23.2. The minimum Gasteiger partial charge on any atom is -0.367 e. The van der Waals surface area contributed by atoms with Gasteiger partial charge in [0.05, 0.1) is 4.47 Å². The van der Waals surface area contributed by atoms with E-state index < -0.39 is 0 Å². The van der Waals surface area contributed by atoms with Gasteiger partial charge in [-0.05, 0) is 66.7 Å². The highest BCUT2D eigenvalue weighted by atomic mass is 79.9. The molecule has 1 saturated carbocycles. The number of amides is 1. The molecule has 1 aromatic carbocycles. The number of nitrogens with one attached hydrogen (secondary N) is 2. The molecule has 1 heterocycles. The van der Waals surface area contributed by atoms with Gasteiger partial charge in [0.25, 0.3) is 5.91 Å². The minimum atomic E-state index is -0.374. The molecule has 28 heavy (non-hydrogen) atoms. The first kappa shape index (κ1) is 20.5. The first-order chi connectivity index (χ1) is 13.3. The second-order valence-electron chi connectivity index (χ2n) is 7.39. The number of carbonyl (C=O) groups is 1. The van der Waals surface area contributed by atoms with Crippen LogP contribution in [0, 0.1) is 12.7 Å². The summed E-state index contributed by atoms with van der Waals surface area (Å²) in [6.07, 6.45) is 5.49. The number of carbonyl (C=O) groups excluding carboxylic acids is 1. The molecule has 0 spiro atoms. The van der Waals surface area contributed by atoms with Crippen LogP contribution in [0.5, 0.6) is 0 Å². The average molecular weight is 450 g/mol. The van der Waals surface area contributed by atoms with Crippen molar-refractivity contribution in [1.29, 1.82) is 0 Å². The van der Waals surface area contributed by atoms with Crippen molar-refractivity contribution < 1.29 is 9.18 Å². The first-order valence-corrected chi connectivity index (χ1v) is 10.2. The van der Waals surface area contributed by atoms with E-state index in [0.29, 0.717) is 22.0 Å². The number of anilines is 2. The van der Waals surface area contributed by atoms with Crippen LogP contribution in [-0.4, -0.2) is 42.1 Å². The number of hydrogen-bond acceptors (Lipinski definition) is 5. The molecule has 3 rings (SSSR count). The maximum atomic E-state index is 13.3. The lowest BCUT2D eigenvalue weighted by Gasteiger charge is -2.30. The standard InChI is InChI=1S/C20H25BrFN5O/c1-12-11-23-20(27(2)3)26-18(12)24-14-5-7-15(8-6-14)25-19(28)13-4-9-17(22)16(21)10-13/h4,9-11,14-15H,5-8H2,1-3H3,(H,25,28)(H,23,24,26)/t14-,15+. The summed E-state index contributed by atoms with van der Waals surface area (Å²) in [6, 6.07) is 4.75. The van der Waals surface area contributed by atoms with Crippen molar-refractivity contribution >= 4 is 33.6 Å². The summed E-state index contributed by atoms with van der Waals surface area (Å²) >= 11 is 3.12. The van der Waals surface area contributed by atoms with Gasteiger partial charge < -0.3 is 15.5 Å². The fraction of sp³-hybridized carbons (Fsp3) is 0.450. The van der Waals surface area contributed by atoms with Crippen molar-refractivity contribution in [3.63, 3.8) is 0 Å². The summed E-state index contributed by atoms with van der Waals surface area (Å²) in [5, 5.41) is 6.58. The number of aryl methyl sites for hydroxylation is 1. The predicted octanol–water partition coefficient (Wildman–Crippen LogP) is 3.91. The van der Waals surface area contributed by atoms with Crippen LogP contribution < -0.4 is 15.5 Å². The third kappa shape index (κ3) is 4.98. The fourth-order valence-electron chi connectivity index (χ4n) is 3.28.